The molecule has 0 spiro atoms. The van der Waals surface area contributed by atoms with Gasteiger partial charge in [0.2, 0.25) is 0 Å². The highest BCUT2D eigenvalue weighted by atomic mass is 14.6. The van der Waals surface area contributed by atoms with Gasteiger partial charge in [0.1, 0.15) is 0 Å². The van der Waals surface area contributed by atoms with Crippen LogP contribution in [-0.4, -0.2) is 4.98 Å². The van der Waals surface area contributed by atoms with Crippen molar-refractivity contribution in [3.63, 3.8) is 0 Å². The SMILES string of the molecule is C[C@H](N)c1ccccc1-c1cccnc1. The Morgan fingerprint density at radius 3 is 2.60 bits per heavy atom. The van der Waals surface area contributed by atoms with Crippen LogP contribution in [-0.2, 0) is 0 Å². The van der Waals surface area contributed by atoms with E-state index in [0.717, 1.165) is 11.1 Å². The maximum absolute atomic E-state index is 5.93. The molecule has 0 bridgehead atoms. The largest absolute Gasteiger partial charge is 0.324 e. The van der Waals surface area contributed by atoms with Crippen molar-refractivity contribution in [1.29, 1.82) is 0 Å². The van der Waals surface area contributed by atoms with Gasteiger partial charge in [-0.05, 0) is 24.1 Å². The Kier molecular flexibility index (Phi) is 2.79. The van der Waals surface area contributed by atoms with Gasteiger partial charge in [0, 0.05) is 24.0 Å². The molecule has 76 valence electrons. The molecule has 0 aliphatic rings. The van der Waals surface area contributed by atoms with Crippen LogP contribution in [0.5, 0.6) is 0 Å². The van der Waals surface area contributed by atoms with Gasteiger partial charge in [0.15, 0.2) is 0 Å². The van der Waals surface area contributed by atoms with Crippen LogP contribution in [0.1, 0.15) is 18.5 Å². The minimum atomic E-state index is 0.0430. The van der Waals surface area contributed by atoms with E-state index in [2.05, 4.69) is 17.1 Å². The van der Waals surface area contributed by atoms with Crippen LogP contribution in [0.4, 0.5) is 0 Å². The zero-order chi connectivity index (χ0) is 10.7. The lowest BCUT2D eigenvalue weighted by Gasteiger charge is -2.12. The van der Waals surface area contributed by atoms with E-state index < -0.39 is 0 Å². The number of aromatic nitrogens is 1. The summed E-state index contributed by atoms with van der Waals surface area (Å²) in [6.45, 7) is 2.00. The third-order valence-corrected chi connectivity index (χ3v) is 2.42. The van der Waals surface area contributed by atoms with Crippen molar-refractivity contribution in [1.82, 2.24) is 4.98 Å². The van der Waals surface area contributed by atoms with Crippen LogP contribution in [0.2, 0.25) is 0 Å². The summed E-state index contributed by atoms with van der Waals surface area (Å²) in [5, 5.41) is 0. The zero-order valence-corrected chi connectivity index (χ0v) is 8.72. The lowest BCUT2D eigenvalue weighted by Crippen LogP contribution is -2.06. The quantitative estimate of drug-likeness (QED) is 0.805. The molecule has 2 aromatic rings. The number of nitrogens with zero attached hydrogens (tertiary/aromatic N) is 1. The fourth-order valence-corrected chi connectivity index (χ4v) is 1.68. The van der Waals surface area contributed by atoms with Gasteiger partial charge in [0.05, 0.1) is 0 Å². The molecule has 0 amide bonds. The van der Waals surface area contributed by atoms with Crippen LogP contribution < -0.4 is 5.73 Å². The number of hydrogen-bond acceptors (Lipinski definition) is 2. The van der Waals surface area contributed by atoms with Crippen LogP contribution in [0.25, 0.3) is 11.1 Å². The summed E-state index contributed by atoms with van der Waals surface area (Å²) in [7, 11) is 0. The van der Waals surface area contributed by atoms with E-state index >= 15 is 0 Å². The average Bonchev–Trinajstić information content (AvgIpc) is 2.30. The Hall–Kier alpha value is -1.67. The fraction of sp³-hybridized carbons (Fsp3) is 0.154. The van der Waals surface area contributed by atoms with E-state index in [1.807, 2.05) is 37.4 Å². The highest BCUT2D eigenvalue weighted by Crippen LogP contribution is 2.26. The van der Waals surface area contributed by atoms with Gasteiger partial charge in [-0.3, -0.25) is 4.98 Å². The Labute approximate surface area is 89.8 Å². The van der Waals surface area contributed by atoms with E-state index in [1.165, 1.54) is 5.56 Å². The zero-order valence-electron chi connectivity index (χ0n) is 8.72. The molecular formula is C13H14N2. The molecule has 0 saturated carbocycles. The number of nitrogens with two attached hydrogens (primary N) is 1. The Balaban J connectivity index is 2.53. The van der Waals surface area contributed by atoms with Gasteiger partial charge in [-0.15, -0.1) is 0 Å². The predicted octanol–water partition coefficient (Wildman–Crippen LogP) is 2.77. The molecule has 2 nitrogen and oxygen atoms in total. The summed E-state index contributed by atoms with van der Waals surface area (Å²) in [5.41, 5.74) is 9.37. The Morgan fingerprint density at radius 2 is 1.93 bits per heavy atom. The first kappa shape index (κ1) is 9.87. The molecule has 1 aromatic heterocycles. The summed E-state index contributed by atoms with van der Waals surface area (Å²) >= 11 is 0. The molecule has 2 N–H and O–H groups in total. The summed E-state index contributed by atoms with van der Waals surface area (Å²) in [6, 6.07) is 12.2. The molecule has 1 heterocycles. The van der Waals surface area contributed by atoms with E-state index in [9.17, 15) is 0 Å². The van der Waals surface area contributed by atoms with Crippen molar-refractivity contribution < 1.29 is 0 Å². The standard InChI is InChI=1S/C13H14N2/c1-10(14)12-6-2-3-7-13(12)11-5-4-8-15-9-11/h2-10H,14H2,1H3/t10-/m0/s1. The third-order valence-electron chi connectivity index (χ3n) is 2.42. The van der Waals surface area contributed by atoms with Gasteiger partial charge < -0.3 is 5.73 Å². The minimum Gasteiger partial charge on any atom is -0.324 e. The highest BCUT2D eigenvalue weighted by Gasteiger charge is 2.07. The second-order valence-electron chi connectivity index (χ2n) is 3.62. The summed E-state index contributed by atoms with van der Waals surface area (Å²) in [4.78, 5) is 4.12. The van der Waals surface area contributed by atoms with Gasteiger partial charge in [-0.2, -0.15) is 0 Å². The maximum Gasteiger partial charge on any atom is 0.0346 e. The van der Waals surface area contributed by atoms with Crippen LogP contribution in [0.3, 0.4) is 0 Å². The van der Waals surface area contributed by atoms with Crippen molar-refractivity contribution in [2.24, 2.45) is 5.73 Å². The molecule has 1 aromatic carbocycles. The topological polar surface area (TPSA) is 38.9 Å². The second kappa shape index (κ2) is 4.24. The minimum absolute atomic E-state index is 0.0430. The molecule has 0 fully saturated rings. The number of benzene rings is 1. The van der Waals surface area contributed by atoms with Crippen LogP contribution in [0.15, 0.2) is 48.8 Å². The normalized spacial score (nSPS) is 12.4. The molecule has 0 aliphatic heterocycles. The number of hydrogen-bond donors (Lipinski definition) is 1. The summed E-state index contributed by atoms with van der Waals surface area (Å²) in [6.07, 6.45) is 3.64. The molecule has 0 aliphatic carbocycles. The lowest BCUT2D eigenvalue weighted by molar-refractivity contribution is 0.820. The molecule has 0 radical (unpaired) electrons. The van der Waals surface area contributed by atoms with Crippen LogP contribution >= 0.6 is 0 Å². The van der Waals surface area contributed by atoms with E-state index in [0.29, 0.717) is 0 Å². The average molecular weight is 198 g/mol. The molecule has 2 heteroatoms. The first-order valence-corrected chi connectivity index (χ1v) is 5.04. The smallest absolute Gasteiger partial charge is 0.0346 e. The van der Waals surface area contributed by atoms with Crippen molar-refractivity contribution >= 4 is 0 Å². The molecule has 2 rings (SSSR count). The Morgan fingerprint density at radius 1 is 1.13 bits per heavy atom. The molecule has 0 unspecified atom stereocenters. The Bertz CT molecular complexity index is 435. The molecule has 1 atom stereocenters. The van der Waals surface area contributed by atoms with Crippen LogP contribution in [0, 0.1) is 0 Å². The summed E-state index contributed by atoms with van der Waals surface area (Å²) in [5.74, 6) is 0. The first-order valence-electron chi connectivity index (χ1n) is 5.04. The molecule has 15 heavy (non-hydrogen) atoms. The maximum atomic E-state index is 5.93. The van der Waals surface area contributed by atoms with Gasteiger partial charge >= 0.3 is 0 Å². The lowest BCUT2D eigenvalue weighted by atomic mass is 9.97. The van der Waals surface area contributed by atoms with Gasteiger partial charge in [0.25, 0.3) is 0 Å². The number of rotatable bonds is 2. The first-order chi connectivity index (χ1) is 7.29. The van der Waals surface area contributed by atoms with Crippen molar-refractivity contribution in [3.05, 3.63) is 54.4 Å². The van der Waals surface area contributed by atoms with Crippen molar-refractivity contribution in [3.8, 4) is 11.1 Å². The fourth-order valence-electron chi connectivity index (χ4n) is 1.68. The van der Waals surface area contributed by atoms with Crippen molar-refractivity contribution in [2.75, 3.05) is 0 Å². The highest BCUT2D eigenvalue weighted by molar-refractivity contribution is 5.66. The molecular weight excluding hydrogens is 184 g/mol. The number of pyridine rings is 1. The predicted molar refractivity (Wildman–Crippen MR) is 62.3 cm³/mol. The van der Waals surface area contributed by atoms with Gasteiger partial charge in [-0.25, -0.2) is 0 Å². The van der Waals surface area contributed by atoms with Crippen molar-refractivity contribution in [2.45, 2.75) is 13.0 Å². The van der Waals surface area contributed by atoms with E-state index in [1.54, 1.807) is 6.20 Å². The molecule has 0 saturated heterocycles. The third kappa shape index (κ3) is 2.05. The van der Waals surface area contributed by atoms with E-state index in [-0.39, 0.29) is 6.04 Å². The van der Waals surface area contributed by atoms with E-state index in [4.69, 9.17) is 5.73 Å². The monoisotopic (exact) mass is 198 g/mol. The second-order valence-corrected chi connectivity index (χ2v) is 3.62. The van der Waals surface area contributed by atoms with Gasteiger partial charge in [-0.1, -0.05) is 30.3 Å². The summed E-state index contributed by atoms with van der Waals surface area (Å²) < 4.78 is 0.